The highest BCUT2D eigenvalue weighted by molar-refractivity contribution is 6.05. The Balaban J connectivity index is 1.67. The number of hydrogen-bond acceptors (Lipinski definition) is 4. The van der Waals surface area contributed by atoms with Crippen molar-refractivity contribution in [2.45, 2.75) is 19.8 Å². The van der Waals surface area contributed by atoms with Gasteiger partial charge in [-0.2, -0.15) is 5.10 Å². The summed E-state index contributed by atoms with van der Waals surface area (Å²) in [5.74, 6) is 2.07. The van der Waals surface area contributed by atoms with E-state index in [4.69, 9.17) is 11.2 Å². The summed E-state index contributed by atoms with van der Waals surface area (Å²) in [5, 5.41) is 8.69. The van der Waals surface area contributed by atoms with Gasteiger partial charge >= 0.3 is 0 Å². The molecule has 3 aromatic carbocycles. The third-order valence-corrected chi connectivity index (χ3v) is 4.62. The maximum absolute atomic E-state index is 12.2. The number of para-hydroxylation sites is 1. The van der Waals surface area contributed by atoms with Gasteiger partial charge in [0.25, 0.3) is 0 Å². The zero-order valence-corrected chi connectivity index (χ0v) is 17.2. The van der Waals surface area contributed by atoms with Crippen molar-refractivity contribution in [3.8, 4) is 18.1 Å². The molecule has 0 unspecified atom stereocenters. The van der Waals surface area contributed by atoms with E-state index in [1.54, 1.807) is 0 Å². The van der Waals surface area contributed by atoms with Gasteiger partial charge in [0, 0.05) is 11.3 Å². The van der Waals surface area contributed by atoms with E-state index in [9.17, 15) is 9.59 Å². The Morgan fingerprint density at radius 3 is 2.65 bits per heavy atom. The average molecular weight is 413 g/mol. The first-order chi connectivity index (χ1) is 15.1. The van der Waals surface area contributed by atoms with Crippen LogP contribution >= 0.6 is 0 Å². The molecule has 0 radical (unpaired) electrons. The second-order valence-electron chi connectivity index (χ2n) is 6.72. The molecule has 0 heterocycles. The number of nitrogens with zero attached hydrogens (tertiary/aromatic N) is 1. The molecule has 0 fully saturated rings. The zero-order chi connectivity index (χ0) is 22.1. The van der Waals surface area contributed by atoms with Gasteiger partial charge in [-0.15, -0.1) is 6.42 Å². The molecule has 31 heavy (non-hydrogen) atoms. The van der Waals surface area contributed by atoms with Gasteiger partial charge in [0.2, 0.25) is 11.8 Å². The van der Waals surface area contributed by atoms with Crippen LogP contribution in [-0.2, 0) is 16.0 Å². The van der Waals surface area contributed by atoms with Crippen molar-refractivity contribution in [3.05, 3.63) is 71.8 Å². The maximum atomic E-state index is 12.2. The van der Waals surface area contributed by atoms with Gasteiger partial charge in [0.1, 0.15) is 18.8 Å². The van der Waals surface area contributed by atoms with Crippen LogP contribution in [0.3, 0.4) is 0 Å². The maximum Gasteiger partial charge on any atom is 0.249 e. The summed E-state index contributed by atoms with van der Waals surface area (Å²) in [7, 11) is 0. The predicted octanol–water partition coefficient (Wildman–Crippen LogP) is 3.89. The van der Waals surface area contributed by atoms with Gasteiger partial charge in [0.15, 0.2) is 0 Å². The minimum atomic E-state index is -0.519. The van der Waals surface area contributed by atoms with E-state index in [-0.39, 0.29) is 13.0 Å². The summed E-state index contributed by atoms with van der Waals surface area (Å²) in [5.41, 5.74) is 4.80. The molecular formula is C25H23N3O3. The Bertz CT molecular complexity index is 1160. The normalized spacial score (nSPS) is 10.6. The Labute approximate surface area is 181 Å². The largest absolute Gasteiger partial charge is 0.480 e. The summed E-state index contributed by atoms with van der Waals surface area (Å²) in [4.78, 5) is 24.4. The molecule has 0 atom stereocenters. The van der Waals surface area contributed by atoms with E-state index in [0.29, 0.717) is 17.0 Å². The first kappa shape index (κ1) is 21.6. The van der Waals surface area contributed by atoms with Crippen molar-refractivity contribution in [1.82, 2.24) is 5.43 Å². The fourth-order valence-corrected chi connectivity index (χ4v) is 3.15. The van der Waals surface area contributed by atoms with Crippen LogP contribution in [0, 0.1) is 12.3 Å². The molecule has 0 aromatic heterocycles. The molecule has 0 aliphatic heterocycles. The fourth-order valence-electron chi connectivity index (χ4n) is 3.15. The third-order valence-electron chi connectivity index (χ3n) is 4.62. The van der Waals surface area contributed by atoms with Crippen molar-refractivity contribution >= 4 is 34.5 Å². The van der Waals surface area contributed by atoms with Crippen LogP contribution in [0.25, 0.3) is 10.8 Å². The third kappa shape index (κ3) is 5.71. The molecule has 3 aromatic rings. The molecule has 2 N–H and O–H groups in total. The van der Waals surface area contributed by atoms with Gasteiger partial charge in [-0.3, -0.25) is 9.59 Å². The van der Waals surface area contributed by atoms with E-state index in [0.717, 1.165) is 22.8 Å². The molecule has 0 saturated heterocycles. The summed E-state index contributed by atoms with van der Waals surface area (Å²) in [6.07, 6.45) is 7.23. The second-order valence-corrected chi connectivity index (χ2v) is 6.72. The standard InChI is InChI=1S/C25H23N3O3/c1-3-15-31-23-14-13-19-10-5-7-11-20(19)21(23)17-26-28-25(30)16-24(29)27-22-12-8-6-9-18(22)4-2/h1,5-14,17H,4,15-16H2,2H3,(H,27,29)(H,28,30). The molecule has 3 rings (SSSR count). The number of hydrogen-bond donors (Lipinski definition) is 2. The lowest BCUT2D eigenvalue weighted by atomic mass is 10.0. The second kappa shape index (κ2) is 10.6. The van der Waals surface area contributed by atoms with E-state index < -0.39 is 11.8 Å². The minimum Gasteiger partial charge on any atom is -0.480 e. The van der Waals surface area contributed by atoms with Gasteiger partial charge in [-0.05, 0) is 34.9 Å². The number of ether oxygens (including phenoxy) is 1. The molecule has 0 aliphatic rings. The highest BCUT2D eigenvalue weighted by atomic mass is 16.5. The monoisotopic (exact) mass is 413 g/mol. The van der Waals surface area contributed by atoms with Crippen molar-refractivity contribution in [1.29, 1.82) is 0 Å². The van der Waals surface area contributed by atoms with Crippen molar-refractivity contribution in [3.63, 3.8) is 0 Å². The van der Waals surface area contributed by atoms with Crippen LogP contribution in [0.5, 0.6) is 5.75 Å². The number of benzene rings is 3. The molecule has 0 saturated carbocycles. The van der Waals surface area contributed by atoms with Crippen molar-refractivity contribution < 1.29 is 14.3 Å². The molecule has 6 heteroatoms. The smallest absolute Gasteiger partial charge is 0.249 e. The van der Waals surface area contributed by atoms with Gasteiger partial charge < -0.3 is 10.1 Å². The molecule has 0 aliphatic carbocycles. The Hall–Kier alpha value is -4.11. The lowest BCUT2D eigenvalue weighted by Crippen LogP contribution is -2.25. The predicted molar refractivity (Wildman–Crippen MR) is 123 cm³/mol. The topological polar surface area (TPSA) is 79.8 Å². The van der Waals surface area contributed by atoms with Crippen LogP contribution in [0.15, 0.2) is 65.8 Å². The molecule has 0 spiro atoms. The number of aryl methyl sites for hydroxylation is 1. The van der Waals surface area contributed by atoms with E-state index in [2.05, 4.69) is 21.8 Å². The van der Waals surface area contributed by atoms with E-state index in [1.165, 1.54) is 6.21 Å². The summed E-state index contributed by atoms with van der Waals surface area (Å²) in [6, 6.07) is 19.0. The van der Waals surface area contributed by atoms with Crippen molar-refractivity contribution in [2.75, 3.05) is 11.9 Å². The minimum absolute atomic E-state index is 0.116. The SMILES string of the molecule is C#CCOc1ccc2ccccc2c1C=NNC(=O)CC(=O)Nc1ccccc1CC. The first-order valence-corrected chi connectivity index (χ1v) is 9.90. The average Bonchev–Trinajstić information content (AvgIpc) is 2.78. The molecule has 0 bridgehead atoms. The quantitative estimate of drug-likeness (QED) is 0.254. The highest BCUT2D eigenvalue weighted by Gasteiger charge is 2.11. The number of terminal acetylenes is 1. The number of amides is 2. The Kier molecular flexibility index (Phi) is 7.39. The van der Waals surface area contributed by atoms with Crippen LogP contribution in [0.1, 0.15) is 24.5 Å². The first-order valence-electron chi connectivity index (χ1n) is 9.90. The lowest BCUT2D eigenvalue weighted by molar-refractivity contribution is -0.126. The summed E-state index contributed by atoms with van der Waals surface area (Å²) >= 11 is 0. The number of anilines is 1. The number of fused-ring (bicyclic) bond motifs is 1. The van der Waals surface area contributed by atoms with Crippen LogP contribution in [-0.4, -0.2) is 24.6 Å². The number of nitrogens with one attached hydrogen (secondary N) is 2. The summed E-state index contributed by atoms with van der Waals surface area (Å²) < 4.78 is 5.60. The van der Waals surface area contributed by atoms with Gasteiger partial charge in [0.05, 0.1) is 6.21 Å². The molecular weight excluding hydrogens is 390 g/mol. The molecule has 2 amide bonds. The van der Waals surface area contributed by atoms with Gasteiger partial charge in [-0.25, -0.2) is 5.43 Å². The number of carbonyl (C=O) groups excluding carboxylic acids is 2. The highest BCUT2D eigenvalue weighted by Crippen LogP contribution is 2.26. The Morgan fingerprint density at radius 1 is 1.06 bits per heavy atom. The van der Waals surface area contributed by atoms with E-state index in [1.807, 2.05) is 67.6 Å². The van der Waals surface area contributed by atoms with Crippen molar-refractivity contribution in [2.24, 2.45) is 5.10 Å². The zero-order valence-electron chi connectivity index (χ0n) is 17.2. The number of carbonyl (C=O) groups is 2. The number of hydrazone groups is 1. The summed E-state index contributed by atoms with van der Waals surface area (Å²) in [6.45, 7) is 2.12. The molecule has 156 valence electrons. The van der Waals surface area contributed by atoms with Crippen LogP contribution in [0.4, 0.5) is 5.69 Å². The Morgan fingerprint density at radius 2 is 1.84 bits per heavy atom. The van der Waals surface area contributed by atoms with Crippen LogP contribution < -0.4 is 15.5 Å². The van der Waals surface area contributed by atoms with Gasteiger partial charge in [-0.1, -0.05) is 61.4 Å². The van der Waals surface area contributed by atoms with E-state index >= 15 is 0 Å². The number of rotatable bonds is 8. The fraction of sp³-hybridized carbons (Fsp3) is 0.160. The molecule has 6 nitrogen and oxygen atoms in total. The lowest BCUT2D eigenvalue weighted by Gasteiger charge is -2.10. The van der Waals surface area contributed by atoms with Crippen LogP contribution in [0.2, 0.25) is 0 Å².